The van der Waals surface area contributed by atoms with Gasteiger partial charge in [-0.15, -0.1) is 0 Å². The molecule has 0 spiro atoms. The number of carbonyl (C=O) groups is 1. The summed E-state index contributed by atoms with van der Waals surface area (Å²) >= 11 is 9.32. The van der Waals surface area contributed by atoms with E-state index in [1.54, 1.807) is 4.90 Å². The Morgan fingerprint density at radius 1 is 1.58 bits per heavy atom. The summed E-state index contributed by atoms with van der Waals surface area (Å²) in [6.45, 7) is 3.45. The minimum absolute atomic E-state index is 0.0114. The fourth-order valence-electron chi connectivity index (χ4n) is 2.20. The molecule has 1 aromatic carbocycles. The minimum atomic E-state index is -0.423. The van der Waals surface area contributed by atoms with Crippen molar-refractivity contribution in [2.24, 2.45) is 0 Å². The van der Waals surface area contributed by atoms with E-state index in [4.69, 9.17) is 11.6 Å². The summed E-state index contributed by atoms with van der Waals surface area (Å²) in [5.74, 6) is -0.435. The van der Waals surface area contributed by atoms with Crippen molar-refractivity contribution in [3.63, 3.8) is 0 Å². The molecule has 1 aliphatic heterocycles. The zero-order chi connectivity index (χ0) is 14.0. The predicted octanol–water partition coefficient (Wildman–Crippen LogP) is 3.35. The van der Waals surface area contributed by atoms with Crippen LogP contribution in [0, 0.1) is 5.82 Å². The third-order valence-electron chi connectivity index (χ3n) is 3.10. The van der Waals surface area contributed by atoms with E-state index in [0.717, 1.165) is 19.4 Å². The van der Waals surface area contributed by atoms with Gasteiger partial charge in [0.2, 0.25) is 5.91 Å². The number of nitrogens with zero attached hydrogens (tertiary/aromatic N) is 1. The normalized spacial score (nSPS) is 19.3. The molecular weight excluding hydrogens is 335 g/mol. The van der Waals surface area contributed by atoms with Crippen molar-refractivity contribution in [3.05, 3.63) is 27.4 Å². The largest absolute Gasteiger partial charge is 0.308 e. The van der Waals surface area contributed by atoms with Crippen LogP contribution in [0.2, 0.25) is 5.02 Å². The second-order valence-electron chi connectivity index (χ2n) is 4.50. The Hall–Kier alpha value is -0.650. The lowest BCUT2D eigenvalue weighted by Crippen LogP contribution is -2.38. The van der Waals surface area contributed by atoms with Crippen LogP contribution in [0.25, 0.3) is 0 Å². The highest BCUT2D eigenvalue weighted by Crippen LogP contribution is 2.37. The van der Waals surface area contributed by atoms with Crippen molar-refractivity contribution in [3.8, 4) is 0 Å². The van der Waals surface area contributed by atoms with Crippen LogP contribution in [0.3, 0.4) is 0 Å². The molecule has 1 heterocycles. The first kappa shape index (κ1) is 14.8. The molecular formula is C13H15BrClFN2O. The van der Waals surface area contributed by atoms with Gasteiger partial charge >= 0.3 is 0 Å². The Labute approximate surface area is 125 Å². The van der Waals surface area contributed by atoms with Gasteiger partial charge in [-0.05, 0) is 47.4 Å². The average Bonchev–Trinajstić information content (AvgIpc) is 2.68. The zero-order valence-corrected chi connectivity index (χ0v) is 12.9. The predicted molar refractivity (Wildman–Crippen MR) is 78.2 cm³/mol. The lowest BCUT2D eigenvalue weighted by molar-refractivity contribution is -0.118. The van der Waals surface area contributed by atoms with Gasteiger partial charge in [0.15, 0.2) is 0 Å². The topological polar surface area (TPSA) is 32.3 Å². The molecule has 1 N–H and O–H groups in total. The molecule has 1 fully saturated rings. The maximum Gasteiger partial charge on any atom is 0.244 e. The third-order valence-corrected chi connectivity index (χ3v) is 3.99. The molecule has 1 unspecified atom stereocenters. The van der Waals surface area contributed by atoms with Crippen LogP contribution in [0.1, 0.15) is 19.8 Å². The molecule has 0 saturated carbocycles. The Kier molecular flexibility index (Phi) is 4.81. The van der Waals surface area contributed by atoms with Crippen molar-refractivity contribution >= 4 is 39.1 Å². The standard InChI is InChI=1S/C13H15BrClFN2O/c1-2-4-17-11-3-5-18(13(11)19)12-9(14)6-8(16)7-10(12)15/h6-7,11,17H,2-5H2,1H3. The van der Waals surface area contributed by atoms with Gasteiger partial charge in [-0.1, -0.05) is 18.5 Å². The summed E-state index contributed by atoms with van der Waals surface area (Å²) in [5, 5.41) is 3.45. The van der Waals surface area contributed by atoms with Crippen LogP contribution >= 0.6 is 27.5 Å². The molecule has 2 rings (SSSR count). The van der Waals surface area contributed by atoms with Crippen molar-refractivity contribution in [2.45, 2.75) is 25.8 Å². The average molecular weight is 350 g/mol. The van der Waals surface area contributed by atoms with Crippen molar-refractivity contribution in [1.82, 2.24) is 5.32 Å². The number of hydrogen-bond acceptors (Lipinski definition) is 2. The van der Waals surface area contributed by atoms with Gasteiger partial charge in [-0.2, -0.15) is 0 Å². The molecule has 0 aromatic heterocycles. The number of hydrogen-bond donors (Lipinski definition) is 1. The van der Waals surface area contributed by atoms with E-state index in [1.165, 1.54) is 12.1 Å². The summed E-state index contributed by atoms with van der Waals surface area (Å²) < 4.78 is 13.7. The molecule has 19 heavy (non-hydrogen) atoms. The van der Waals surface area contributed by atoms with Crippen molar-refractivity contribution in [2.75, 3.05) is 18.0 Å². The molecule has 6 heteroatoms. The Morgan fingerprint density at radius 2 is 2.32 bits per heavy atom. The highest BCUT2D eigenvalue weighted by molar-refractivity contribution is 9.10. The third kappa shape index (κ3) is 3.09. The van der Waals surface area contributed by atoms with Crippen LogP contribution in [-0.2, 0) is 4.79 Å². The fraction of sp³-hybridized carbons (Fsp3) is 0.462. The second-order valence-corrected chi connectivity index (χ2v) is 5.76. The quantitative estimate of drug-likeness (QED) is 0.904. The first-order valence-corrected chi connectivity index (χ1v) is 7.41. The van der Waals surface area contributed by atoms with Crippen LogP contribution in [0.15, 0.2) is 16.6 Å². The summed E-state index contributed by atoms with van der Waals surface area (Å²) in [7, 11) is 0. The SMILES string of the molecule is CCCNC1CCN(c2c(Cl)cc(F)cc2Br)C1=O. The van der Waals surface area contributed by atoms with Gasteiger partial charge in [0.1, 0.15) is 5.82 Å². The number of amides is 1. The highest BCUT2D eigenvalue weighted by atomic mass is 79.9. The number of nitrogens with one attached hydrogen (secondary N) is 1. The lowest BCUT2D eigenvalue weighted by Gasteiger charge is -2.20. The first-order chi connectivity index (χ1) is 9.04. The molecule has 0 bridgehead atoms. The number of benzene rings is 1. The highest BCUT2D eigenvalue weighted by Gasteiger charge is 2.34. The zero-order valence-electron chi connectivity index (χ0n) is 10.5. The van der Waals surface area contributed by atoms with E-state index < -0.39 is 5.82 Å². The maximum atomic E-state index is 13.2. The van der Waals surface area contributed by atoms with E-state index in [9.17, 15) is 9.18 Å². The molecule has 104 valence electrons. The van der Waals surface area contributed by atoms with E-state index in [0.29, 0.717) is 16.7 Å². The van der Waals surface area contributed by atoms with E-state index in [2.05, 4.69) is 28.2 Å². The molecule has 0 radical (unpaired) electrons. The van der Waals surface area contributed by atoms with E-state index in [-0.39, 0.29) is 17.0 Å². The minimum Gasteiger partial charge on any atom is -0.308 e. The molecule has 1 aromatic rings. The summed E-state index contributed by atoms with van der Waals surface area (Å²) in [5.41, 5.74) is 0.550. The van der Waals surface area contributed by atoms with Crippen LogP contribution < -0.4 is 10.2 Å². The van der Waals surface area contributed by atoms with Gasteiger partial charge in [-0.3, -0.25) is 4.79 Å². The first-order valence-electron chi connectivity index (χ1n) is 6.24. The molecule has 3 nitrogen and oxygen atoms in total. The van der Waals surface area contributed by atoms with Gasteiger partial charge in [0.05, 0.1) is 16.8 Å². The molecule has 1 aliphatic rings. The van der Waals surface area contributed by atoms with E-state index in [1.807, 2.05) is 0 Å². The van der Waals surface area contributed by atoms with Crippen molar-refractivity contribution < 1.29 is 9.18 Å². The molecule has 1 atom stereocenters. The van der Waals surface area contributed by atoms with Crippen LogP contribution in [0.4, 0.5) is 10.1 Å². The van der Waals surface area contributed by atoms with Gasteiger partial charge < -0.3 is 10.2 Å². The smallest absolute Gasteiger partial charge is 0.244 e. The monoisotopic (exact) mass is 348 g/mol. The molecule has 0 aliphatic carbocycles. The molecule has 1 saturated heterocycles. The van der Waals surface area contributed by atoms with Gasteiger partial charge in [0.25, 0.3) is 0 Å². The van der Waals surface area contributed by atoms with Gasteiger partial charge in [-0.25, -0.2) is 4.39 Å². The van der Waals surface area contributed by atoms with Crippen LogP contribution in [-0.4, -0.2) is 25.0 Å². The number of anilines is 1. The maximum absolute atomic E-state index is 13.2. The fourth-order valence-corrected chi connectivity index (χ4v) is 3.27. The molecule has 1 amide bonds. The lowest BCUT2D eigenvalue weighted by atomic mass is 10.2. The van der Waals surface area contributed by atoms with Crippen LogP contribution in [0.5, 0.6) is 0 Å². The number of rotatable bonds is 4. The van der Waals surface area contributed by atoms with Gasteiger partial charge in [0, 0.05) is 11.0 Å². The van der Waals surface area contributed by atoms with E-state index >= 15 is 0 Å². The number of halogens is 3. The Morgan fingerprint density at radius 3 is 2.95 bits per heavy atom. The summed E-state index contributed by atoms with van der Waals surface area (Å²) in [6.07, 6.45) is 1.71. The second kappa shape index (κ2) is 6.20. The van der Waals surface area contributed by atoms with Crippen molar-refractivity contribution in [1.29, 1.82) is 0 Å². The Bertz CT molecular complexity index is 475. The number of carbonyl (C=O) groups excluding carboxylic acids is 1. The summed E-state index contributed by atoms with van der Waals surface area (Å²) in [6, 6.07) is 2.37. The Balaban J connectivity index is 2.22. The summed E-state index contributed by atoms with van der Waals surface area (Å²) in [4.78, 5) is 13.9.